The van der Waals surface area contributed by atoms with Crippen LogP contribution in [-0.4, -0.2) is 0 Å². The Morgan fingerprint density at radius 2 is 1.79 bits per heavy atom. The number of benzene rings is 2. The van der Waals surface area contributed by atoms with E-state index in [-0.39, 0.29) is 5.54 Å². The average Bonchev–Trinajstić information content (AvgIpc) is 2.41. The highest BCUT2D eigenvalue weighted by atomic mass is 35.5. The smallest absolute Gasteiger partial charge is 0.0406 e. The summed E-state index contributed by atoms with van der Waals surface area (Å²) in [6, 6.07) is 16.7. The monoisotopic (exact) mass is 271 g/mol. The first-order valence-corrected chi connectivity index (χ1v) is 7.09. The fourth-order valence-corrected chi connectivity index (χ4v) is 3.22. The Morgan fingerprint density at radius 1 is 1.11 bits per heavy atom. The van der Waals surface area contributed by atoms with Crippen LogP contribution >= 0.6 is 11.6 Å². The van der Waals surface area contributed by atoms with Crippen LogP contribution in [0.3, 0.4) is 0 Å². The predicted octanol–water partition coefficient (Wildman–Crippen LogP) is 4.44. The molecule has 0 saturated carbocycles. The number of rotatable bonds is 1. The van der Waals surface area contributed by atoms with Crippen LogP contribution in [0.1, 0.15) is 42.4 Å². The second-order valence-corrected chi connectivity index (χ2v) is 6.08. The molecule has 1 aliphatic carbocycles. The lowest BCUT2D eigenvalue weighted by Crippen LogP contribution is -2.38. The van der Waals surface area contributed by atoms with Gasteiger partial charge in [-0.25, -0.2) is 0 Å². The molecule has 19 heavy (non-hydrogen) atoms. The fourth-order valence-electron chi connectivity index (χ4n) is 3.10. The minimum atomic E-state index is -0.209. The van der Waals surface area contributed by atoms with E-state index < -0.39 is 0 Å². The van der Waals surface area contributed by atoms with Crippen LogP contribution in [0.2, 0.25) is 5.02 Å². The van der Waals surface area contributed by atoms with E-state index in [1.54, 1.807) is 0 Å². The van der Waals surface area contributed by atoms with Gasteiger partial charge in [-0.3, -0.25) is 0 Å². The Labute approximate surface area is 119 Å². The number of hydrogen-bond donors (Lipinski definition) is 1. The molecule has 2 heteroatoms. The van der Waals surface area contributed by atoms with E-state index in [1.807, 2.05) is 12.1 Å². The molecule has 0 bridgehead atoms. The predicted molar refractivity (Wildman–Crippen MR) is 80.5 cm³/mol. The highest BCUT2D eigenvalue weighted by Gasteiger charge is 2.33. The average molecular weight is 272 g/mol. The van der Waals surface area contributed by atoms with Crippen molar-refractivity contribution < 1.29 is 0 Å². The molecule has 2 aromatic rings. The summed E-state index contributed by atoms with van der Waals surface area (Å²) in [6.07, 6.45) is 2.10. The number of nitrogens with two attached hydrogens (primary N) is 1. The van der Waals surface area contributed by atoms with Crippen molar-refractivity contribution in [3.8, 4) is 0 Å². The standard InChI is InChI=1S/C17H18ClN/c1-17(19)11-10-14(12-6-8-13(18)9-7-12)15-4-2-3-5-16(15)17/h2-9,14H,10-11,19H2,1H3. The second kappa shape index (κ2) is 4.66. The lowest BCUT2D eigenvalue weighted by Gasteiger charge is -2.37. The summed E-state index contributed by atoms with van der Waals surface area (Å²) >= 11 is 5.98. The zero-order valence-electron chi connectivity index (χ0n) is 11.1. The van der Waals surface area contributed by atoms with Gasteiger partial charge in [-0.15, -0.1) is 0 Å². The molecule has 3 rings (SSSR count). The molecule has 2 N–H and O–H groups in total. The maximum atomic E-state index is 6.43. The van der Waals surface area contributed by atoms with Gasteiger partial charge in [-0.05, 0) is 48.6 Å². The first kappa shape index (κ1) is 12.7. The third kappa shape index (κ3) is 2.29. The molecule has 0 amide bonds. The lowest BCUT2D eigenvalue weighted by atomic mass is 9.71. The fraction of sp³-hybridized carbons (Fsp3) is 0.294. The molecule has 1 aliphatic rings. The summed E-state index contributed by atoms with van der Waals surface area (Å²) < 4.78 is 0. The quantitative estimate of drug-likeness (QED) is 0.815. The SMILES string of the molecule is CC1(N)CCC(c2ccc(Cl)cc2)c2ccccc21. The Morgan fingerprint density at radius 3 is 2.53 bits per heavy atom. The molecule has 2 atom stereocenters. The summed E-state index contributed by atoms with van der Waals surface area (Å²) in [5, 5.41) is 0.788. The van der Waals surface area contributed by atoms with E-state index in [0.717, 1.165) is 17.9 Å². The zero-order chi connectivity index (χ0) is 13.5. The van der Waals surface area contributed by atoms with E-state index in [2.05, 4.69) is 43.3 Å². The van der Waals surface area contributed by atoms with Crippen LogP contribution in [0.15, 0.2) is 48.5 Å². The van der Waals surface area contributed by atoms with Crippen molar-refractivity contribution in [3.63, 3.8) is 0 Å². The topological polar surface area (TPSA) is 26.0 Å². The Kier molecular flexibility index (Phi) is 3.12. The minimum Gasteiger partial charge on any atom is -0.322 e. The molecule has 98 valence electrons. The molecule has 0 spiro atoms. The molecule has 2 unspecified atom stereocenters. The van der Waals surface area contributed by atoms with Crippen molar-refractivity contribution in [2.24, 2.45) is 5.73 Å². The molecule has 1 nitrogen and oxygen atoms in total. The van der Waals surface area contributed by atoms with Gasteiger partial charge in [0.2, 0.25) is 0 Å². The van der Waals surface area contributed by atoms with Crippen molar-refractivity contribution in [1.82, 2.24) is 0 Å². The van der Waals surface area contributed by atoms with Crippen LogP contribution < -0.4 is 5.73 Å². The van der Waals surface area contributed by atoms with Crippen molar-refractivity contribution in [2.75, 3.05) is 0 Å². The van der Waals surface area contributed by atoms with Crippen LogP contribution in [0.4, 0.5) is 0 Å². The summed E-state index contributed by atoms with van der Waals surface area (Å²) in [5.74, 6) is 0.435. The number of halogens is 1. The van der Waals surface area contributed by atoms with Gasteiger partial charge in [-0.1, -0.05) is 48.0 Å². The Bertz CT molecular complexity index is 586. The Balaban J connectivity index is 2.08. The molecule has 0 aromatic heterocycles. The van der Waals surface area contributed by atoms with Gasteiger partial charge in [0.1, 0.15) is 0 Å². The molecule has 0 saturated heterocycles. The third-order valence-electron chi connectivity index (χ3n) is 4.18. The van der Waals surface area contributed by atoms with Crippen LogP contribution in [-0.2, 0) is 5.54 Å². The molecule has 2 aromatic carbocycles. The van der Waals surface area contributed by atoms with E-state index in [9.17, 15) is 0 Å². The van der Waals surface area contributed by atoms with Gasteiger partial charge in [-0.2, -0.15) is 0 Å². The maximum absolute atomic E-state index is 6.43. The van der Waals surface area contributed by atoms with Crippen LogP contribution in [0, 0.1) is 0 Å². The van der Waals surface area contributed by atoms with Gasteiger partial charge in [0.15, 0.2) is 0 Å². The van der Waals surface area contributed by atoms with Gasteiger partial charge in [0, 0.05) is 16.5 Å². The summed E-state index contributed by atoms with van der Waals surface area (Å²) in [4.78, 5) is 0. The van der Waals surface area contributed by atoms with Crippen molar-refractivity contribution in [3.05, 3.63) is 70.2 Å². The molecule has 0 aliphatic heterocycles. The Hall–Kier alpha value is -1.31. The normalized spacial score (nSPS) is 25.9. The highest BCUT2D eigenvalue weighted by Crippen LogP contribution is 2.42. The van der Waals surface area contributed by atoms with Gasteiger partial charge >= 0.3 is 0 Å². The first-order valence-electron chi connectivity index (χ1n) is 6.72. The van der Waals surface area contributed by atoms with Crippen LogP contribution in [0.5, 0.6) is 0 Å². The van der Waals surface area contributed by atoms with Gasteiger partial charge in [0.25, 0.3) is 0 Å². The van der Waals surface area contributed by atoms with Gasteiger partial charge < -0.3 is 5.73 Å². The summed E-state index contributed by atoms with van der Waals surface area (Å²) in [5.41, 5.74) is 10.2. The number of fused-ring (bicyclic) bond motifs is 1. The first-order chi connectivity index (χ1) is 9.08. The van der Waals surface area contributed by atoms with Crippen LogP contribution in [0.25, 0.3) is 0 Å². The second-order valence-electron chi connectivity index (χ2n) is 5.65. The van der Waals surface area contributed by atoms with Crippen molar-refractivity contribution >= 4 is 11.6 Å². The molecular weight excluding hydrogens is 254 g/mol. The third-order valence-corrected chi connectivity index (χ3v) is 4.43. The lowest BCUT2D eigenvalue weighted by molar-refractivity contribution is 0.391. The summed E-state index contributed by atoms with van der Waals surface area (Å²) in [7, 11) is 0. The zero-order valence-corrected chi connectivity index (χ0v) is 11.8. The molecule has 0 radical (unpaired) electrons. The van der Waals surface area contributed by atoms with E-state index in [0.29, 0.717) is 5.92 Å². The maximum Gasteiger partial charge on any atom is 0.0406 e. The summed E-state index contributed by atoms with van der Waals surface area (Å²) in [6.45, 7) is 2.13. The molecule has 0 fully saturated rings. The van der Waals surface area contributed by atoms with Gasteiger partial charge in [0.05, 0.1) is 0 Å². The number of hydrogen-bond acceptors (Lipinski definition) is 1. The van der Waals surface area contributed by atoms with Crippen molar-refractivity contribution in [1.29, 1.82) is 0 Å². The van der Waals surface area contributed by atoms with E-state index in [4.69, 9.17) is 17.3 Å². The highest BCUT2D eigenvalue weighted by molar-refractivity contribution is 6.30. The largest absolute Gasteiger partial charge is 0.322 e. The van der Waals surface area contributed by atoms with E-state index in [1.165, 1.54) is 16.7 Å². The van der Waals surface area contributed by atoms with E-state index >= 15 is 0 Å². The molecular formula is C17H18ClN. The minimum absolute atomic E-state index is 0.209. The molecule has 0 heterocycles. The van der Waals surface area contributed by atoms with Crippen molar-refractivity contribution in [2.45, 2.75) is 31.2 Å².